The monoisotopic (exact) mass is 395 g/mol. The van der Waals surface area contributed by atoms with Gasteiger partial charge in [-0.2, -0.15) is 0 Å². The van der Waals surface area contributed by atoms with Crippen LogP contribution in [0.3, 0.4) is 0 Å². The highest BCUT2D eigenvalue weighted by Gasteiger charge is 2.22. The highest BCUT2D eigenvalue weighted by atomic mass is 35.5. The number of hydrogen-bond donors (Lipinski definition) is 0. The maximum Gasteiger partial charge on any atom is 0.171 e. The Morgan fingerprint density at radius 2 is 1.72 bits per heavy atom. The fourth-order valence-electron chi connectivity index (χ4n) is 2.90. The van der Waals surface area contributed by atoms with Crippen LogP contribution in [-0.4, -0.2) is 30.1 Å². The number of para-hydroxylation sites is 1. The number of rotatable bonds is 5. The third kappa shape index (κ3) is 4.02. The topological polar surface area (TPSA) is 21.7 Å². The summed E-state index contributed by atoms with van der Waals surface area (Å²) in [5.74, 6) is 1.26. The minimum atomic E-state index is 0.245. The molecule has 0 atom stereocenters. The first-order valence-electron chi connectivity index (χ1n) is 8.13. The molecule has 0 aliphatic carbocycles. The number of halogens is 2. The molecule has 1 heterocycles. The predicted octanol–water partition coefficient (Wildman–Crippen LogP) is 5.35. The molecule has 0 aromatic heterocycles. The minimum Gasteiger partial charge on any atom is -0.493 e. The quantitative estimate of drug-likeness (QED) is 0.635. The molecule has 0 spiro atoms. The first kappa shape index (κ1) is 18.3. The highest BCUT2D eigenvalue weighted by molar-refractivity contribution is 7.80. The number of benzene rings is 2. The van der Waals surface area contributed by atoms with Crippen molar-refractivity contribution in [1.29, 1.82) is 0 Å². The van der Waals surface area contributed by atoms with Gasteiger partial charge in [0.15, 0.2) is 11.5 Å². The Balaban J connectivity index is 1.90. The summed E-state index contributed by atoms with van der Waals surface area (Å²) in [7, 11) is 1.62. The second kappa shape index (κ2) is 8.26. The largest absolute Gasteiger partial charge is 0.493 e. The molecule has 0 bridgehead atoms. The lowest BCUT2D eigenvalue weighted by Crippen LogP contribution is -2.27. The molecule has 1 aliphatic heterocycles. The SMILES string of the molecule is COc1cccc(C(=S)N2CCCC2)c1OCc1c(Cl)cccc1Cl. The second-order valence-electron chi connectivity index (χ2n) is 5.83. The van der Waals surface area contributed by atoms with Crippen molar-refractivity contribution in [3.8, 4) is 11.5 Å². The number of methoxy groups -OCH3 is 1. The Morgan fingerprint density at radius 3 is 2.36 bits per heavy atom. The van der Waals surface area contributed by atoms with E-state index in [0.717, 1.165) is 42.0 Å². The van der Waals surface area contributed by atoms with Crippen molar-refractivity contribution < 1.29 is 9.47 Å². The summed E-state index contributed by atoms with van der Waals surface area (Å²) < 4.78 is 11.6. The molecule has 132 valence electrons. The normalized spacial score (nSPS) is 13.8. The molecule has 3 nitrogen and oxygen atoms in total. The van der Waals surface area contributed by atoms with Crippen LogP contribution in [0.4, 0.5) is 0 Å². The van der Waals surface area contributed by atoms with E-state index in [4.69, 9.17) is 44.9 Å². The van der Waals surface area contributed by atoms with E-state index in [0.29, 0.717) is 21.5 Å². The molecule has 0 saturated carbocycles. The zero-order valence-corrected chi connectivity index (χ0v) is 16.3. The van der Waals surface area contributed by atoms with E-state index in [-0.39, 0.29) is 6.61 Å². The third-order valence-electron chi connectivity index (χ3n) is 4.25. The van der Waals surface area contributed by atoms with Crippen molar-refractivity contribution in [3.63, 3.8) is 0 Å². The Bertz CT molecular complexity index is 756. The van der Waals surface area contributed by atoms with Gasteiger partial charge in [-0.25, -0.2) is 0 Å². The van der Waals surface area contributed by atoms with Crippen LogP contribution in [0.5, 0.6) is 11.5 Å². The van der Waals surface area contributed by atoms with Crippen molar-refractivity contribution in [2.24, 2.45) is 0 Å². The minimum absolute atomic E-state index is 0.245. The molecule has 3 rings (SSSR count). The molecule has 0 amide bonds. The molecule has 6 heteroatoms. The maximum atomic E-state index is 6.25. The fraction of sp³-hybridized carbons (Fsp3) is 0.316. The van der Waals surface area contributed by atoms with Crippen LogP contribution in [0.1, 0.15) is 24.0 Å². The molecule has 1 aliphatic rings. The van der Waals surface area contributed by atoms with Crippen molar-refractivity contribution in [3.05, 3.63) is 57.6 Å². The molecule has 25 heavy (non-hydrogen) atoms. The standard InChI is InChI=1S/C19H19Cl2NO2S/c1-23-17-9-4-6-13(19(25)22-10-2-3-11-22)18(17)24-12-14-15(20)7-5-8-16(14)21/h4-9H,2-3,10-12H2,1H3. The predicted molar refractivity (Wildman–Crippen MR) is 106 cm³/mol. The fourth-order valence-corrected chi connectivity index (χ4v) is 3.75. The van der Waals surface area contributed by atoms with Crippen LogP contribution in [0.2, 0.25) is 10.0 Å². The summed E-state index contributed by atoms with van der Waals surface area (Å²) in [5.41, 5.74) is 1.61. The summed E-state index contributed by atoms with van der Waals surface area (Å²) in [4.78, 5) is 3.00. The maximum absolute atomic E-state index is 6.25. The average Bonchev–Trinajstić information content (AvgIpc) is 3.15. The molecule has 0 N–H and O–H groups in total. The number of thiocarbonyl (C=S) groups is 1. The Hall–Kier alpha value is -1.49. The molecular weight excluding hydrogens is 377 g/mol. The van der Waals surface area contributed by atoms with Gasteiger partial charge in [0.2, 0.25) is 0 Å². The summed E-state index contributed by atoms with van der Waals surface area (Å²) in [6.07, 6.45) is 2.32. The van der Waals surface area contributed by atoms with Crippen LogP contribution < -0.4 is 9.47 Å². The lowest BCUT2D eigenvalue weighted by atomic mass is 10.1. The van der Waals surface area contributed by atoms with Crippen LogP contribution in [-0.2, 0) is 6.61 Å². The van der Waals surface area contributed by atoms with E-state index in [1.54, 1.807) is 19.2 Å². The first-order valence-corrected chi connectivity index (χ1v) is 9.30. The average molecular weight is 396 g/mol. The van der Waals surface area contributed by atoms with E-state index < -0.39 is 0 Å². The van der Waals surface area contributed by atoms with Gasteiger partial charge in [0.1, 0.15) is 11.6 Å². The lowest BCUT2D eigenvalue weighted by Gasteiger charge is -2.22. The number of hydrogen-bond acceptors (Lipinski definition) is 3. The summed E-state index contributed by atoms with van der Waals surface area (Å²) in [6, 6.07) is 11.2. The van der Waals surface area contributed by atoms with Crippen molar-refractivity contribution in [2.45, 2.75) is 19.4 Å². The third-order valence-corrected chi connectivity index (χ3v) is 5.43. The summed E-state index contributed by atoms with van der Waals surface area (Å²) in [5, 5.41) is 1.15. The van der Waals surface area contributed by atoms with E-state index in [9.17, 15) is 0 Å². The van der Waals surface area contributed by atoms with Gasteiger partial charge in [0.25, 0.3) is 0 Å². The van der Waals surface area contributed by atoms with Gasteiger partial charge < -0.3 is 14.4 Å². The van der Waals surface area contributed by atoms with Crippen molar-refractivity contribution in [1.82, 2.24) is 4.90 Å². The van der Waals surface area contributed by atoms with Gasteiger partial charge in [-0.15, -0.1) is 0 Å². The van der Waals surface area contributed by atoms with Crippen molar-refractivity contribution >= 4 is 40.4 Å². The van der Waals surface area contributed by atoms with Gasteiger partial charge in [-0.1, -0.05) is 47.6 Å². The molecule has 1 saturated heterocycles. The number of ether oxygens (including phenoxy) is 2. The molecule has 0 radical (unpaired) electrons. The van der Waals surface area contributed by atoms with Gasteiger partial charge in [-0.3, -0.25) is 0 Å². The summed E-state index contributed by atoms with van der Waals surface area (Å²) >= 11 is 18.2. The van der Waals surface area contributed by atoms with Crippen molar-refractivity contribution in [2.75, 3.05) is 20.2 Å². The van der Waals surface area contributed by atoms with Gasteiger partial charge in [0, 0.05) is 28.7 Å². The Kier molecular flexibility index (Phi) is 6.05. The number of likely N-dealkylation sites (tertiary alicyclic amines) is 1. The van der Waals surface area contributed by atoms with Crippen LogP contribution >= 0.6 is 35.4 Å². The highest BCUT2D eigenvalue weighted by Crippen LogP contribution is 2.35. The van der Waals surface area contributed by atoms with E-state index in [1.807, 2.05) is 24.3 Å². The molecule has 0 unspecified atom stereocenters. The van der Waals surface area contributed by atoms with E-state index >= 15 is 0 Å². The zero-order chi connectivity index (χ0) is 17.8. The van der Waals surface area contributed by atoms with Gasteiger partial charge >= 0.3 is 0 Å². The van der Waals surface area contributed by atoms with E-state index in [2.05, 4.69) is 4.90 Å². The lowest BCUT2D eigenvalue weighted by molar-refractivity contribution is 0.283. The molecule has 2 aromatic rings. The van der Waals surface area contributed by atoms with Crippen LogP contribution in [0, 0.1) is 0 Å². The summed E-state index contributed by atoms with van der Waals surface area (Å²) in [6.45, 7) is 2.20. The Labute approximate surface area is 163 Å². The van der Waals surface area contributed by atoms with E-state index in [1.165, 1.54) is 0 Å². The molecule has 2 aromatic carbocycles. The smallest absolute Gasteiger partial charge is 0.171 e. The molecule has 1 fully saturated rings. The molecular formula is C19H19Cl2NO2S. The Morgan fingerprint density at radius 1 is 1.08 bits per heavy atom. The number of nitrogens with zero attached hydrogens (tertiary/aromatic N) is 1. The first-order chi connectivity index (χ1) is 12.1. The van der Waals surface area contributed by atoms with Gasteiger partial charge in [0.05, 0.1) is 12.7 Å². The van der Waals surface area contributed by atoms with Crippen LogP contribution in [0.25, 0.3) is 0 Å². The second-order valence-corrected chi connectivity index (χ2v) is 7.03. The van der Waals surface area contributed by atoms with Gasteiger partial charge in [-0.05, 0) is 37.1 Å². The zero-order valence-electron chi connectivity index (χ0n) is 13.9. The van der Waals surface area contributed by atoms with Crippen LogP contribution in [0.15, 0.2) is 36.4 Å².